The Balaban J connectivity index is 4.21. The third-order valence-electron chi connectivity index (χ3n) is 3.98. The minimum atomic E-state index is -5.72. The zero-order valence-electron chi connectivity index (χ0n) is 15.1. The lowest BCUT2D eigenvalue weighted by atomic mass is 10.0. The molecule has 0 aliphatic carbocycles. The number of ether oxygens (including phenoxy) is 1. The van der Waals surface area contributed by atoms with Crippen LogP contribution in [0.3, 0.4) is 0 Å². The Hall–Kier alpha value is -1.14. The summed E-state index contributed by atoms with van der Waals surface area (Å²) in [6.07, 6.45) is 3.89. The average Bonchev–Trinajstić information content (AvgIpc) is 2.53. The maximum atomic E-state index is 13.1. The van der Waals surface area contributed by atoms with Gasteiger partial charge in [0.05, 0.1) is 7.11 Å². The van der Waals surface area contributed by atoms with Crippen molar-refractivity contribution >= 4 is 5.97 Å². The molecular weight excluding hydrogens is 343 g/mol. The van der Waals surface area contributed by atoms with Gasteiger partial charge in [0, 0.05) is 11.6 Å². The summed E-state index contributed by atoms with van der Waals surface area (Å²) in [7, 11) is 0.959. The molecule has 0 aliphatic heterocycles. The molecule has 25 heavy (non-hydrogen) atoms. The Bertz CT molecular complexity index is 403. The fraction of sp³-hybridized carbons (Fsp3) is 0.833. The zero-order chi connectivity index (χ0) is 19.3. The number of carbonyl (C=O) groups is 1. The number of unbranched alkanes of at least 4 members (excludes halogenated alkanes) is 9. The highest BCUT2D eigenvalue weighted by Crippen LogP contribution is 2.37. The molecule has 0 saturated heterocycles. The number of hydrogen-bond acceptors (Lipinski definition) is 2. The monoisotopic (exact) mass is 372 g/mol. The van der Waals surface area contributed by atoms with Crippen LogP contribution in [0.25, 0.3) is 0 Å². The van der Waals surface area contributed by atoms with Gasteiger partial charge in [0.2, 0.25) is 0 Å². The Morgan fingerprint density at radius 2 is 1.28 bits per heavy atom. The van der Waals surface area contributed by atoms with E-state index in [-0.39, 0.29) is 12.5 Å². The predicted octanol–water partition coefficient (Wildman–Crippen LogP) is 6.59. The molecule has 0 aromatic heterocycles. The molecule has 0 atom stereocenters. The molecule has 0 unspecified atom stereocenters. The summed E-state index contributed by atoms with van der Waals surface area (Å²) in [6.45, 7) is 2.15. The van der Waals surface area contributed by atoms with Crippen LogP contribution in [0.5, 0.6) is 0 Å². The molecule has 0 aromatic carbocycles. The SMILES string of the molecule is CCCCCCCCCCCCC(=CC(F)(F)C(F)(F)F)C(=O)OC. The smallest absolute Gasteiger partial charge is 0.457 e. The van der Waals surface area contributed by atoms with E-state index < -0.39 is 23.6 Å². The lowest BCUT2D eigenvalue weighted by Crippen LogP contribution is -2.35. The highest BCUT2D eigenvalue weighted by atomic mass is 19.4. The van der Waals surface area contributed by atoms with Crippen molar-refractivity contribution in [2.75, 3.05) is 7.11 Å². The van der Waals surface area contributed by atoms with Crippen LogP contribution in [0.2, 0.25) is 0 Å². The highest BCUT2D eigenvalue weighted by Gasteiger charge is 2.56. The average molecular weight is 372 g/mol. The topological polar surface area (TPSA) is 26.3 Å². The van der Waals surface area contributed by atoms with Gasteiger partial charge in [0.15, 0.2) is 0 Å². The maximum Gasteiger partial charge on any atom is 0.457 e. The Labute approximate surface area is 146 Å². The summed E-state index contributed by atoms with van der Waals surface area (Å²) in [5.41, 5.74) is -0.621. The third kappa shape index (κ3) is 10.4. The Morgan fingerprint density at radius 3 is 1.68 bits per heavy atom. The van der Waals surface area contributed by atoms with E-state index in [0.717, 1.165) is 32.8 Å². The molecule has 0 amide bonds. The van der Waals surface area contributed by atoms with Gasteiger partial charge in [-0.15, -0.1) is 0 Å². The predicted molar refractivity (Wildman–Crippen MR) is 87.6 cm³/mol. The molecular formula is C18H29F5O2. The summed E-state index contributed by atoms with van der Waals surface area (Å²) in [6, 6.07) is 0. The van der Waals surface area contributed by atoms with Crippen molar-refractivity contribution in [3.63, 3.8) is 0 Å². The van der Waals surface area contributed by atoms with Crippen molar-refractivity contribution in [1.82, 2.24) is 0 Å². The van der Waals surface area contributed by atoms with E-state index in [9.17, 15) is 26.7 Å². The first-order valence-electron chi connectivity index (χ1n) is 8.90. The van der Waals surface area contributed by atoms with Crippen LogP contribution >= 0.6 is 0 Å². The molecule has 0 saturated carbocycles. The van der Waals surface area contributed by atoms with Crippen molar-refractivity contribution in [3.8, 4) is 0 Å². The van der Waals surface area contributed by atoms with E-state index in [1.54, 1.807) is 0 Å². The second-order valence-corrected chi connectivity index (χ2v) is 6.21. The van der Waals surface area contributed by atoms with Crippen LogP contribution in [0.1, 0.15) is 77.6 Å². The third-order valence-corrected chi connectivity index (χ3v) is 3.98. The minimum absolute atomic E-state index is 0.144. The van der Waals surface area contributed by atoms with E-state index in [1.807, 2.05) is 0 Å². The number of rotatable bonds is 13. The molecule has 0 spiro atoms. The van der Waals surface area contributed by atoms with Crippen LogP contribution in [-0.2, 0) is 9.53 Å². The first-order chi connectivity index (χ1) is 11.7. The quantitative estimate of drug-likeness (QED) is 0.158. The van der Waals surface area contributed by atoms with Crippen molar-refractivity contribution in [2.45, 2.75) is 89.7 Å². The molecule has 0 radical (unpaired) electrons. The van der Waals surface area contributed by atoms with Crippen LogP contribution in [-0.4, -0.2) is 25.2 Å². The first-order valence-corrected chi connectivity index (χ1v) is 8.90. The van der Waals surface area contributed by atoms with Crippen LogP contribution in [0, 0.1) is 0 Å². The van der Waals surface area contributed by atoms with Gasteiger partial charge in [-0.1, -0.05) is 64.7 Å². The molecule has 148 valence electrons. The molecule has 2 nitrogen and oxygen atoms in total. The molecule has 7 heteroatoms. The Kier molecular flexibility index (Phi) is 11.7. The Morgan fingerprint density at radius 1 is 0.840 bits per heavy atom. The number of carbonyl (C=O) groups excluding carboxylic acids is 1. The lowest BCUT2D eigenvalue weighted by molar-refractivity contribution is -0.259. The van der Waals surface area contributed by atoms with Gasteiger partial charge in [-0.2, -0.15) is 22.0 Å². The van der Waals surface area contributed by atoms with E-state index >= 15 is 0 Å². The number of alkyl halides is 5. The van der Waals surface area contributed by atoms with Crippen molar-refractivity contribution in [3.05, 3.63) is 11.6 Å². The van der Waals surface area contributed by atoms with Crippen molar-refractivity contribution < 1.29 is 31.5 Å². The van der Waals surface area contributed by atoms with Crippen molar-refractivity contribution in [2.24, 2.45) is 0 Å². The molecule has 0 N–H and O–H groups in total. The van der Waals surface area contributed by atoms with Gasteiger partial charge in [0.25, 0.3) is 0 Å². The minimum Gasteiger partial charge on any atom is -0.466 e. The first kappa shape index (κ1) is 23.9. The lowest BCUT2D eigenvalue weighted by Gasteiger charge is -2.17. The van der Waals surface area contributed by atoms with Gasteiger partial charge in [-0.25, -0.2) is 4.79 Å². The second kappa shape index (κ2) is 12.3. The number of halogens is 5. The molecule has 0 aliphatic rings. The van der Waals surface area contributed by atoms with Crippen LogP contribution in [0.4, 0.5) is 22.0 Å². The van der Waals surface area contributed by atoms with E-state index in [1.165, 1.54) is 25.7 Å². The molecule has 0 heterocycles. The number of hydrogen-bond donors (Lipinski definition) is 0. The van der Waals surface area contributed by atoms with Crippen LogP contribution in [0.15, 0.2) is 11.6 Å². The van der Waals surface area contributed by atoms with Crippen molar-refractivity contribution in [1.29, 1.82) is 0 Å². The molecule has 0 bridgehead atoms. The zero-order valence-corrected chi connectivity index (χ0v) is 15.1. The number of allylic oxidation sites excluding steroid dienone is 1. The normalized spacial score (nSPS) is 13.2. The van der Waals surface area contributed by atoms with Gasteiger partial charge in [0.1, 0.15) is 0 Å². The summed E-state index contributed by atoms with van der Waals surface area (Å²) >= 11 is 0. The standard InChI is InChI=1S/C18H29F5O2/c1-3-4-5-6-7-8-9-10-11-12-13-15(16(24)25-2)14-17(19,20)18(21,22)23/h14H,3-13H2,1-2H3. The fourth-order valence-corrected chi connectivity index (χ4v) is 2.47. The van der Waals surface area contributed by atoms with Gasteiger partial charge in [-0.05, 0) is 12.8 Å². The van der Waals surface area contributed by atoms with E-state index in [0.29, 0.717) is 12.8 Å². The molecule has 0 aromatic rings. The summed E-state index contributed by atoms with van der Waals surface area (Å²) < 4.78 is 67.2. The van der Waals surface area contributed by atoms with Gasteiger partial charge < -0.3 is 4.74 Å². The largest absolute Gasteiger partial charge is 0.466 e. The van der Waals surface area contributed by atoms with E-state index in [4.69, 9.17) is 0 Å². The highest BCUT2D eigenvalue weighted by molar-refractivity contribution is 5.88. The summed E-state index contributed by atoms with van der Waals surface area (Å²) in [5, 5.41) is 0. The molecule has 0 rings (SSSR count). The summed E-state index contributed by atoms with van der Waals surface area (Å²) in [4.78, 5) is 11.4. The maximum absolute atomic E-state index is 13.1. The van der Waals surface area contributed by atoms with E-state index in [2.05, 4.69) is 11.7 Å². The fourth-order valence-electron chi connectivity index (χ4n) is 2.47. The van der Waals surface area contributed by atoms with Gasteiger partial charge >= 0.3 is 18.1 Å². The number of esters is 1. The molecule has 0 fully saturated rings. The number of methoxy groups -OCH3 is 1. The van der Waals surface area contributed by atoms with Crippen LogP contribution < -0.4 is 0 Å². The second-order valence-electron chi connectivity index (χ2n) is 6.21. The summed E-state index contributed by atoms with van der Waals surface area (Å²) in [5.74, 6) is -6.17. The van der Waals surface area contributed by atoms with Gasteiger partial charge in [-0.3, -0.25) is 0 Å².